The highest BCUT2D eigenvalue weighted by Gasteiger charge is 2.23. The van der Waals surface area contributed by atoms with Crippen LogP contribution in [0.4, 0.5) is 17.1 Å². The molecule has 0 aliphatic heterocycles. The van der Waals surface area contributed by atoms with Crippen LogP contribution in [0.25, 0.3) is 87.8 Å². The largest absolute Gasteiger partial charge is 0.311 e. The summed E-state index contributed by atoms with van der Waals surface area (Å²) in [5.74, 6) is 0. The summed E-state index contributed by atoms with van der Waals surface area (Å²) < 4.78 is 4.97. The van der Waals surface area contributed by atoms with Crippen molar-refractivity contribution >= 4 is 77.0 Å². The Labute approximate surface area is 329 Å². The molecule has 9 aromatic carbocycles. The van der Waals surface area contributed by atoms with E-state index in [1.54, 1.807) is 0 Å². The van der Waals surface area contributed by atoms with Gasteiger partial charge in [0.25, 0.3) is 0 Å². The molecule has 3 aromatic heterocycles. The molecule has 0 fully saturated rings. The Bertz CT molecular complexity index is 3420. The lowest BCUT2D eigenvalue weighted by molar-refractivity contribution is 1.18. The summed E-state index contributed by atoms with van der Waals surface area (Å²) in [4.78, 5) is 2.33. The highest BCUT2D eigenvalue weighted by Crippen LogP contribution is 2.46. The SMILES string of the molecule is c1ccc(-c2ccc(N(c3ccccc3)c3ccc(-c4ccc5c6ccc7c8c9c(cccc9n7-c7ccccc7)c7ccccc7n(c5c4)c68)cc3)cc2)cc1. The highest BCUT2D eigenvalue weighted by atomic mass is 15.1. The van der Waals surface area contributed by atoms with Crippen LogP contribution in [0.1, 0.15) is 0 Å². The van der Waals surface area contributed by atoms with E-state index in [9.17, 15) is 0 Å². The molecule has 12 aromatic rings. The van der Waals surface area contributed by atoms with Crippen LogP contribution >= 0.6 is 0 Å². The van der Waals surface area contributed by atoms with E-state index in [1.807, 2.05) is 0 Å². The Morgan fingerprint density at radius 3 is 1.54 bits per heavy atom. The van der Waals surface area contributed by atoms with E-state index < -0.39 is 0 Å². The topological polar surface area (TPSA) is 12.6 Å². The molecule has 0 spiro atoms. The molecule has 12 rings (SSSR count). The van der Waals surface area contributed by atoms with Gasteiger partial charge < -0.3 is 13.9 Å². The first-order chi connectivity index (χ1) is 28.3. The van der Waals surface area contributed by atoms with E-state index >= 15 is 0 Å². The second-order valence-electron chi connectivity index (χ2n) is 14.9. The maximum Gasteiger partial charge on any atom is 0.0641 e. The maximum atomic E-state index is 2.53. The summed E-state index contributed by atoms with van der Waals surface area (Å²) >= 11 is 0. The van der Waals surface area contributed by atoms with E-state index in [0.717, 1.165) is 17.1 Å². The molecule has 0 bridgehead atoms. The van der Waals surface area contributed by atoms with Crippen molar-refractivity contribution in [1.29, 1.82) is 0 Å². The van der Waals surface area contributed by atoms with E-state index in [0.29, 0.717) is 0 Å². The lowest BCUT2D eigenvalue weighted by atomic mass is 10.0. The van der Waals surface area contributed by atoms with Gasteiger partial charge in [-0.3, -0.25) is 0 Å². The van der Waals surface area contributed by atoms with Gasteiger partial charge >= 0.3 is 0 Å². The fourth-order valence-corrected chi connectivity index (χ4v) is 9.31. The number of para-hydroxylation sites is 3. The van der Waals surface area contributed by atoms with Crippen LogP contribution in [0.15, 0.2) is 212 Å². The third-order valence-corrected chi connectivity index (χ3v) is 11.8. The number of aromatic nitrogens is 2. The van der Waals surface area contributed by atoms with E-state index in [2.05, 4.69) is 226 Å². The van der Waals surface area contributed by atoms with Crippen molar-refractivity contribution in [2.45, 2.75) is 0 Å². The molecule has 0 amide bonds. The van der Waals surface area contributed by atoms with Crippen molar-refractivity contribution in [3.63, 3.8) is 0 Å². The second-order valence-corrected chi connectivity index (χ2v) is 14.9. The molecule has 57 heavy (non-hydrogen) atoms. The van der Waals surface area contributed by atoms with Crippen molar-refractivity contribution in [2.75, 3.05) is 4.90 Å². The first kappa shape index (κ1) is 31.7. The molecule has 0 radical (unpaired) electrons. The molecule has 0 atom stereocenters. The van der Waals surface area contributed by atoms with Gasteiger partial charge in [-0.1, -0.05) is 140 Å². The van der Waals surface area contributed by atoms with Crippen LogP contribution in [-0.4, -0.2) is 8.97 Å². The fourth-order valence-electron chi connectivity index (χ4n) is 9.31. The van der Waals surface area contributed by atoms with Gasteiger partial charge in [0.15, 0.2) is 0 Å². The number of benzene rings is 9. The van der Waals surface area contributed by atoms with Crippen molar-refractivity contribution in [2.24, 2.45) is 0 Å². The first-order valence-electron chi connectivity index (χ1n) is 19.6. The third kappa shape index (κ3) is 4.79. The fraction of sp³-hybridized carbons (Fsp3) is 0. The monoisotopic (exact) mass is 725 g/mol. The Balaban J connectivity index is 1.04. The number of hydrogen-bond donors (Lipinski definition) is 0. The van der Waals surface area contributed by atoms with Gasteiger partial charge in [-0.05, 0) is 100 Å². The lowest BCUT2D eigenvalue weighted by Gasteiger charge is -2.26. The first-order valence-corrected chi connectivity index (χ1v) is 19.6. The Morgan fingerprint density at radius 1 is 0.298 bits per heavy atom. The van der Waals surface area contributed by atoms with Gasteiger partial charge in [-0.25, -0.2) is 0 Å². The van der Waals surface area contributed by atoms with Crippen LogP contribution in [0, 0.1) is 0 Å². The number of rotatable bonds is 6. The summed E-state index contributed by atoms with van der Waals surface area (Å²) in [6.45, 7) is 0. The number of hydrogen-bond acceptors (Lipinski definition) is 1. The van der Waals surface area contributed by atoms with Crippen molar-refractivity contribution < 1.29 is 0 Å². The molecule has 0 unspecified atom stereocenters. The third-order valence-electron chi connectivity index (χ3n) is 11.8. The normalized spacial score (nSPS) is 11.9. The summed E-state index contributed by atoms with van der Waals surface area (Å²) in [5.41, 5.74) is 15.5. The van der Waals surface area contributed by atoms with Gasteiger partial charge in [0.2, 0.25) is 0 Å². The number of fused-ring (bicyclic) bond motifs is 6. The zero-order chi connectivity index (χ0) is 37.5. The summed E-state index contributed by atoms with van der Waals surface area (Å²) in [6, 6.07) is 77.2. The Morgan fingerprint density at radius 2 is 0.807 bits per heavy atom. The molecule has 3 nitrogen and oxygen atoms in total. The highest BCUT2D eigenvalue weighted by molar-refractivity contribution is 6.33. The summed E-state index contributed by atoms with van der Waals surface area (Å²) in [7, 11) is 0. The van der Waals surface area contributed by atoms with Crippen molar-refractivity contribution in [1.82, 2.24) is 8.97 Å². The predicted molar refractivity (Wildman–Crippen MR) is 241 cm³/mol. The average molecular weight is 726 g/mol. The van der Waals surface area contributed by atoms with Gasteiger partial charge in [0.05, 0.1) is 27.6 Å². The Kier molecular flexibility index (Phi) is 6.93. The van der Waals surface area contributed by atoms with E-state index in [-0.39, 0.29) is 0 Å². The minimum atomic E-state index is 1.11. The lowest BCUT2D eigenvalue weighted by Crippen LogP contribution is -2.09. The van der Waals surface area contributed by atoms with Crippen LogP contribution < -0.4 is 4.90 Å². The number of nitrogens with zero attached hydrogens (tertiary/aromatic N) is 3. The average Bonchev–Trinajstić information content (AvgIpc) is 3.76. The van der Waals surface area contributed by atoms with Crippen molar-refractivity contribution in [3.8, 4) is 27.9 Å². The number of anilines is 3. The van der Waals surface area contributed by atoms with Crippen LogP contribution in [0.2, 0.25) is 0 Å². The standard InChI is InChI=1S/C54H35N3/c1-4-13-36(14-5-1)37-23-28-42(29-24-37)55(40-15-6-2-7-16-40)43-30-25-38(26-31-43)39-27-32-45-47-33-34-50-53-52-46(20-12-22-49(52)56(50)41-17-8-3-9-18-41)44-19-10-11-21-48(44)57(54(47)53)51(45)35-39/h1-35H. The molecular weight excluding hydrogens is 691 g/mol. The molecule has 0 saturated carbocycles. The maximum absolute atomic E-state index is 2.53. The second kappa shape index (κ2) is 12.5. The quantitative estimate of drug-likeness (QED) is 0.166. The zero-order valence-electron chi connectivity index (χ0n) is 31.0. The van der Waals surface area contributed by atoms with Gasteiger partial charge in [-0.2, -0.15) is 0 Å². The smallest absolute Gasteiger partial charge is 0.0641 e. The summed E-state index contributed by atoms with van der Waals surface area (Å²) in [5, 5.41) is 7.67. The zero-order valence-corrected chi connectivity index (χ0v) is 31.0. The van der Waals surface area contributed by atoms with Crippen LogP contribution in [0.3, 0.4) is 0 Å². The summed E-state index contributed by atoms with van der Waals surface area (Å²) in [6.07, 6.45) is 0. The van der Waals surface area contributed by atoms with E-state index in [1.165, 1.54) is 87.8 Å². The predicted octanol–water partition coefficient (Wildman–Crippen LogP) is 14.7. The van der Waals surface area contributed by atoms with Gasteiger partial charge in [0, 0.05) is 49.7 Å². The minimum Gasteiger partial charge on any atom is -0.311 e. The molecule has 3 heterocycles. The van der Waals surface area contributed by atoms with E-state index in [4.69, 9.17) is 0 Å². The van der Waals surface area contributed by atoms with Gasteiger partial charge in [-0.15, -0.1) is 0 Å². The molecule has 0 saturated heterocycles. The molecule has 266 valence electrons. The minimum absolute atomic E-state index is 1.11. The van der Waals surface area contributed by atoms with Crippen LogP contribution in [-0.2, 0) is 0 Å². The molecule has 0 aliphatic rings. The van der Waals surface area contributed by atoms with Gasteiger partial charge in [0.1, 0.15) is 0 Å². The van der Waals surface area contributed by atoms with Crippen molar-refractivity contribution in [3.05, 3.63) is 212 Å². The molecule has 0 aliphatic carbocycles. The molecular formula is C54H35N3. The molecule has 3 heteroatoms. The Hall–Kier alpha value is -7.62. The van der Waals surface area contributed by atoms with Crippen LogP contribution in [0.5, 0.6) is 0 Å². The molecule has 0 N–H and O–H groups in total.